The van der Waals surface area contributed by atoms with Crippen molar-refractivity contribution in [2.75, 3.05) is 0 Å². The van der Waals surface area contributed by atoms with Crippen LogP contribution in [0.4, 0.5) is 0 Å². The van der Waals surface area contributed by atoms with Gasteiger partial charge in [0.1, 0.15) is 0 Å². The number of H-pyrrole nitrogens is 1. The van der Waals surface area contributed by atoms with Crippen molar-refractivity contribution in [2.45, 2.75) is 0 Å². The van der Waals surface area contributed by atoms with E-state index in [4.69, 9.17) is 0 Å². The van der Waals surface area contributed by atoms with Crippen LogP contribution in [0.5, 0.6) is 0 Å². The summed E-state index contributed by atoms with van der Waals surface area (Å²) in [6, 6.07) is 10.1. The van der Waals surface area contributed by atoms with E-state index in [1.165, 1.54) is 0 Å². The van der Waals surface area contributed by atoms with Crippen molar-refractivity contribution in [2.24, 2.45) is 0 Å². The van der Waals surface area contributed by atoms with Crippen LogP contribution in [0.2, 0.25) is 0 Å². The van der Waals surface area contributed by atoms with E-state index in [1.807, 2.05) is 29.6 Å². The van der Waals surface area contributed by atoms with E-state index in [1.54, 1.807) is 11.3 Å². The Labute approximate surface area is 130 Å². The van der Waals surface area contributed by atoms with Crippen molar-refractivity contribution in [1.29, 1.82) is 0 Å². The molecular weight excluding hydrogens is 425 g/mol. The molecule has 0 radical (unpaired) electrons. The molecule has 0 spiro atoms. The Morgan fingerprint density at radius 1 is 1.28 bits per heavy atom. The molecule has 0 bridgehead atoms. The zero-order valence-corrected chi connectivity index (χ0v) is 13.6. The summed E-state index contributed by atoms with van der Waals surface area (Å²) in [4.78, 5) is 5.63. The molecule has 3 rings (SSSR count). The van der Waals surface area contributed by atoms with Crippen LogP contribution in [0.25, 0.3) is 22.1 Å². The van der Waals surface area contributed by atoms with Gasteiger partial charge in [-0.1, -0.05) is 22.0 Å². The Morgan fingerprint density at radius 3 is 2.94 bits per heavy atom. The first-order valence-corrected chi connectivity index (χ1v) is 7.91. The number of thiophene rings is 1. The third kappa shape index (κ3) is 2.36. The molecular formula is C12H7BrIN3S. The maximum absolute atomic E-state index is 4.54. The number of aromatic nitrogens is 3. The second-order valence-corrected chi connectivity index (χ2v) is 6.66. The van der Waals surface area contributed by atoms with Crippen molar-refractivity contribution < 1.29 is 0 Å². The highest BCUT2D eigenvalue weighted by Gasteiger charge is 2.11. The molecule has 3 nitrogen and oxygen atoms in total. The molecule has 0 saturated heterocycles. The number of aromatic amines is 1. The van der Waals surface area contributed by atoms with Crippen LogP contribution in [0.3, 0.4) is 0 Å². The average molecular weight is 432 g/mol. The van der Waals surface area contributed by atoms with Gasteiger partial charge in [0, 0.05) is 13.6 Å². The lowest BCUT2D eigenvalue weighted by atomic mass is 10.2. The lowest BCUT2D eigenvalue weighted by Crippen LogP contribution is -1.84. The van der Waals surface area contributed by atoms with Gasteiger partial charge in [0.05, 0.1) is 4.88 Å². The minimum absolute atomic E-state index is 0.712. The Morgan fingerprint density at radius 2 is 2.17 bits per heavy atom. The zero-order chi connectivity index (χ0) is 12.5. The third-order valence-electron chi connectivity index (χ3n) is 2.41. The third-order valence-corrected chi connectivity index (χ3v) is 4.65. The largest absolute Gasteiger partial charge is 0.258 e. The van der Waals surface area contributed by atoms with Crippen LogP contribution >= 0.6 is 49.9 Å². The number of halogens is 2. The summed E-state index contributed by atoms with van der Waals surface area (Å²) in [6.07, 6.45) is 0. The summed E-state index contributed by atoms with van der Waals surface area (Å²) in [5.74, 6) is 1.52. The zero-order valence-electron chi connectivity index (χ0n) is 9.02. The van der Waals surface area contributed by atoms with Gasteiger partial charge in [0.15, 0.2) is 11.6 Å². The fourth-order valence-corrected chi connectivity index (χ4v) is 3.15. The summed E-state index contributed by atoms with van der Waals surface area (Å²) < 4.78 is 2.16. The lowest BCUT2D eigenvalue weighted by molar-refractivity contribution is 1.10. The Bertz CT molecular complexity index is 678. The Hall–Kier alpha value is -0.730. The first-order valence-electron chi connectivity index (χ1n) is 5.16. The normalized spacial score (nSPS) is 10.8. The van der Waals surface area contributed by atoms with Crippen molar-refractivity contribution >= 4 is 49.9 Å². The van der Waals surface area contributed by atoms with Gasteiger partial charge >= 0.3 is 0 Å². The summed E-state index contributed by atoms with van der Waals surface area (Å²) in [7, 11) is 0. The SMILES string of the molecule is Brc1ccc(I)cc1-c1n[nH]c(-c2cccs2)n1. The van der Waals surface area contributed by atoms with Crippen LogP contribution in [-0.4, -0.2) is 15.2 Å². The van der Waals surface area contributed by atoms with Gasteiger partial charge in [-0.3, -0.25) is 5.10 Å². The van der Waals surface area contributed by atoms with E-state index in [9.17, 15) is 0 Å². The Balaban J connectivity index is 2.05. The minimum Gasteiger partial charge on any atom is -0.258 e. The van der Waals surface area contributed by atoms with Crippen molar-refractivity contribution in [3.05, 3.63) is 43.8 Å². The summed E-state index contributed by atoms with van der Waals surface area (Å²) in [5.41, 5.74) is 1.00. The fraction of sp³-hybridized carbons (Fsp3) is 0. The lowest BCUT2D eigenvalue weighted by Gasteiger charge is -1.99. The monoisotopic (exact) mass is 431 g/mol. The molecule has 90 valence electrons. The van der Waals surface area contributed by atoms with E-state index in [0.29, 0.717) is 5.82 Å². The van der Waals surface area contributed by atoms with E-state index >= 15 is 0 Å². The van der Waals surface area contributed by atoms with Crippen molar-refractivity contribution in [3.63, 3.8) is 0 Å². The van der Waals surface area contributed by atoms with Gasteiger partial charge in [-0.25, -0.2) is 4.98 Å². The first kappa shape index (κ1) is 12.3. The molecule has 2 aromatic heterocycles. The highest BCUT2D eigenvalue weighted by atomic mass is 127. The second kappa shape index (κ2) is 5.10. The molecule has 0 aliphatic heterocycles. The molecule has 0 aliphatic rings. The highest BCUT2D eigenvalue weighted by molar-refractivity contribution is 14.1. The van der Waals surface area contributed by atoms with Gasteiger partial charge in [0.2, 0.25) is 0 Å². The molecule has 0 fully saturated rings. The average Bonchev–Trinajstić information content (AvgIpc) is 3.00. The number of nitrogens with one attached hydrogen (secondary N) is 1. The van der Waals surface area contributed by atoms with Gasteiger partial charge in [0.25, 0.3) is 0 Å². The molecule has 18 heavy (non-hydrogen) atoms. The summed E-state index contributed by atoms with van der Waals surface area (Å²) in [5, 5.41) is 9.29. The topological polar surface area (TPSA) is 41.6 Å². The van der Waals surface area contributed by atoms with Gasteiger partial charge < -0.3 is 0 Å². The number of nitrogens with zero attached hydrogens (tertiary/aromatic N) is 2. The maximum atomic E-state index is 4.54. The number of rotatable bonds is 2. The predicted molar refractivity (Wildman–Crippen MR) is 85.5 cm³/mol. The van der Waals surface area contributed by atoms with Crippen LogP contribution in [0, 0.1) is 3.57 Å². The van der Waals surface area contributed by atoms with E-state index in [-0.39, 0.29) is 0 Å². The molecule has 1 aromatic carbocycles. The smallest absolute Gasteiger partial charge is 0.182 e. The maximum Gasteiger partial charge on any atom is 0.182 e. The van der Waals surface area contributed by atoms with Crippen LogP contribution in [-0.2, 0) is 0 Å². The summed E-state index contributed by atoms with van der Waals surface area (Å²) in [6.45, 7) is 0. The molecule has 0 amide bonds. The number of hydrogen-bond acceptors (Lipinski definition) is 3. The van der Waals surface area contributed by atoms with Crippen molar-refractivity contribution in [3.8, 4) is 22.1 Å². The molecule has 0 saturated carbocycles. The standard InChI is InChI=1S/C12H7BrIN3S/c13-9-4-3-7(14)6-8(9)11-15-12(17-16-11)10-2-1-5-18-10/h1-6H,(H,15,16,17). The van der Waals surface area contributed by atoms with Crippen LogP contribution < -0.4 is 0 Å². The first-order chi connectivity index (χ1) is 8.74. The van der Waals surface area contributed by atoms with Gasteiger partial charge in [-0.2, -0.15) is 5.10 Å². The second-order valence-electron chi connectivity index (χ2n) is 3.61. The van der Waals surface area contributed by atoms with E-state index in [0.717, 1.165) is 24.3 Å². The van der Waals surface area contributed by atoms with Gasteiger partial charge in [-0.15, -0.1) is 11.3 Å². The molecule has 3 aromatic rings. The predicted octanol–water partition coefficient (Wildman–Crippen LogP) is 4.57. The van der Waals surface area contributed by atoms with Gasteiger partial charge in [-0.05, 0) is 52.2 Å². The molecule has 2 heterocycles. The quantitative estimate of drug-likeness (QED) is 0.604. The van der Waals surface area contributed by atoms with E-state index in [2.05, 4.69) is 59.8 Å². The number of benzene rings is 1. The van der Waals surface area contributed by atoms with Crippen molar-refractivity contribution in [1.82, 2.24) is 15.2 Å². The minimum atomic E-state index is 0.712. The summed E-state index contributed by atoms with van der Waals surface area (Å²) >= 11 is 7.46. The van der Waals surface area contributed by atoms with Crippen LogP contribution in [0.1, 0.15) is 0 Å². The fourth-order valence-electron chi connectivity index (χ4n) is 1.57. The molecule has 0 unspecified atom stereocenters. The Kier molecular flexibility index (Phi) is 3.49. The van der Waals surface area contributed by atoms with E-state index < -0.39 is 0 Å². The number of hydrogen-bond donors (Lipinski definition) is 1. The molecule has 0 aliphatic carbocycles. The highest BCUT2D eigenvalue weighted by Crippen LogP contribution is 2.29. The molecule has 0 atom stereocenters. The molecule has 6 heteroatoms. The van der Waals surface area contributed by atoms with Crippen LogP contribution in [0.15, 0.2) is 40.2 Å². The molecule has 1 N–H and O–H groups in total.